The van der Waals surface area contributed by atoms with Gasteiger partial charge in [0.15, 0.2) is 0 Å². The summed E-state index contributed by atoms with van der Waals surface area (Å²) in [4.78, 5) is 13.8. The van der Waals surface area contributed by atoms with Crippen LogP contribution in [0.1, 0.15) is 5.56 Å². The molecule has 0 spiro atoms. The van der Waals surface area contributed by atoms with Gasteiger partial charge in [0.05, 0.1) is 16.7 Å². The largest absolute Gasteiger partial charge is 0.486 e. The standard InChI is InChI=1S/C24H16ClN3O/c25-24-18(13-17-9-4-5-10-19(17)28-24)21-14-22(23-20(27-21)11-6-12-26-23)29-15-16-7-2-1-3-8-16/h1-14H,15H2. The van der Waals surface area contributed by atoms with Crippen LogP contribution in [0.2, 0.25) is 5.15 Å². The minimum atomic E-state index is 0.411. The van der Waals surface area contributed by atoms with Gasteiger partial charge in [0, 0.05) is 23.2 Å². The van der Waals surface area contributed by atoms with Gasteiger partial charge in [-0.15, -0.1) is 0 Å². The van der Waals surface area contributed by atoms with Crippen molar-refractivity contribution in [3.8, 4) is 17.0 Å². The quantitative estimate of drug-likeness (QED) is 0.345. The lowest BCUT2D eigenvalue weighted by molar-refractivity contribution is 0.309. The first-order valence-electron chi connectivity index (χ1n) is 9.26. The molecule has 5 aromatic rings. The van der Waals surface area contributed by atoms with E-state index in [1.54, 1.807) is 6.20 Å². The van der Waals surface area contributed by atoms with Gasteiger partial charge in [-0.2, -0.15) is 0 Å². The van der Waals surface area contributed by atoms with E-state index in [2.05, 4.69) is 9.97 Å². The highest BCUT2D eigenvalue weighted by molar-refractivity contribution is 6.32. The molecule has 140 valence electrons. The first-order valence-corrected chi connectivity index (χ1v) is 9.64. The number of nitrogens with zero attached hydrogens (tertiary/aromatic N) is 3. The first kappa shape index (κ1) is 17.6. The molecule has 5 rings (SSSR count). The second-order valence-corrected chi connectivity index (χ2v) is 7.03. The smallest absolute Gasteiger partial charge is 0.149 e. The maximum atomic E-state index is 6.51. The maximum Gasteiger partial charge on any atom is 0.149 e. The minimum absolute atomic E-state index is 0.411. The summed E-state index contributed by atoms with van der Waals surface area (Å²) in [5, 5.41) is 1.42. The van der Waals surface area contributed by atoms with Crippen LogP contribution in [-0.4, -0.2) is 15.0 Å². The molecule has 0 N–H and O–H groups in total. The van der Waals surface area contributed by atoms with Gasteiger partial charge in [0.1, 0.15) is 23.0 Å². The summed E-state index contributed by atoms with van der Waals surface area (Å²) < 4.78 is 6.13. The Kier molecular flexibility index (Phi) is 4.54. The Morgan fingerprint density at radius 3 is 2.48 bits per heavy atom. The molecule has 4 nitrogen and oxygen atoms in total. The van der Waals surface area contributed by atoms with Crippen LogP contribution in [0.25, 0.3) is 33.2 Å². The number of hydrogen-bond acceptors (Lipinski definition) is 4. The van der Waals surface area contributed by atoms with Crippen molar-refractivity contribution in [3.63, 3.8) is 0 Å². The second-order valence-electron chi connectivity index (χ2n) is 6.67. The van der Waals surface area contributed by atoms with E-state index < -0.39 is 0 Å². The van der Waals surface area contributed by atoms with Crippen molar-refractivity contribution in [2.75, 3.05) is 0 Å². The van der Waals surface area contributed by atoms with Crippen molar-refractivity contribution in [2.24, 2.45) is 0 Å². The van der Waals surface area contributed by atoms with E-state index in [-0.39, 0.29) is 0 Å². The second kappa shape index (κ2) is 7.49. The third kappa shape index (κ3) is 3.50. The van der Waals surface area contributed by atoms with Gasteiger partial charge in [-0.05, 0) is 29.8 Å². The number of para-hydroxylation sites is 1. The molecule has 3 heterocycles. The fraction of sp³-hybridized carbons (Fsp3) is 0.0417. The number of pyridine rings is 3. The molecule has 0 aliphatic heterocycles. The first-order chi connectivity index (χ1) is 14.3. The van der Waals surface area contributed by atoms with Gasteiger partial charge >= 0.3 is 0 Å². The number of fused-ring (bicyclic) bond motifs is 2. The van der Waals surface area contributed by atoms with Gasteiger partial charge in [0.2, 0.25) is 0 Å². The Bertz CT molecular complexity index is 1320. The normalized spacial score (nSPS) is 11.1. The summed E-state index contributed by atoms with van der Waals surface area (Å²) in [6, 6.07) is 25.6. The number of hydrogen-bond donors (Lipinski definition) is 0. The van der Waals surface area contributed by atoms with Crippen molar-refractivity contribution in [1.82, 2.24) is 15.0 Å². The number of ether oxygens (including phenoxy) is 1. The average molecular weight is 398 g/mol. The van der Waals surface area contributed by atoms with Crippen LogP contribution < -0.4 is 4.74 Å². The molecule has 0 amide bonds. The molecule has 0 saturated carbocycles. The third-order valence-electron chi connectivity index (χ3n) is 4.72. The number of halogens is 1. The molecule has 0 fully saturated rings. The summed E-state index contributed by atoms with van der Waals surface area (Å²) in [6.07, 6.45) is 1.74. The summed E-state index contributed by atoms with van der Waals surface area (Å²) in [5.74, 6) is 0.665. The molecule has 0 aliphatic carbocycles. The van der Waals surface area contributed by atoms with Gasteiger partial charge < -0.3 is 4.74 Å². The molecule has 0 bridgehead atoms. The van der Waals surface area contributed by atoms with Crippen LogP contribution in [0.3, 0.4) is 0 Å². The Labute approximate surface area is 172 Å². The van der Waals surface area contributed by atoms with E-state index in [1.165, 1.54) is 0 Å². The zero-order valence-corrected chi connectivity index (χ0v) is 16.2. The Morgan fingerprint density at radius 1 is 0.793 bits per heavy atom. The predicted molar refractivity (Wildman–Crippen MR) is 116 cm³/mol. The lowest BCUT2D eigenvalue weighted by atomic mass is 10.1. The van der Waals surface area contributed by atoms with E-state index in [1.807, 2.05) is 78.9 Å². The van der Waals surface area contributed by atoms with Gasteiger partial charge in [-0.25, -0.2) is 9.97 Å². The number of rotatable bonds is 4. The highest BCUT2D eigenvalue weighted by atomic mass is 35.5. The Morgan fingerprint density at radius 2 is 1.59 bits per heavy atom. The Hall–Kier alpha value is -3.50. The molecule has 5 heteroatoms. The molecular weight excluding hydrogens is 382 g/mol. The molecule has 0 atom stereocenters. The molecule has 3 aromatic heterocycles. The van der Waals surface area contributed by atoms with Crippen molar-refractivity contribution in [1.29, 1.82) is 0 Å². The topological polar surface area (TPSA) is 47.9 Å². The molecule has 0 aliphatic rings. The summed E-state index contributed by atoms with van der Waals surface area (Å²) in [7, 11) is 0. The van der Waals surface area contributed by atoms with Crippen molar-refractivity contribution in [2.45, 2.75) is 6.61 Å². The molecule has 0 radical (unpaired) electrons. The van der Waals surface area contributed by atoms with Crippen LogP contribution in [0.15, 0.2) is 85.1 Å². The van der Waals surface area contributed by atoms with Crippen LogP contribution in [0, 0.1) is 0 Å². The predicted octanol–water partition coefficient (Wildman–Crippen LogP) is 6.08. The zero-order chi connectivity index (χ0) is 19.6. The summed E-state index contributed by atoms with van der Waals surface area (Å²) in [6.45, 7) is 0.444. The average Bonchev–Trinajstić information content (AvgIpc) is 2.77. The fourth-order valence-electron chi connectivity index (χ4n) is 3.29. The van der Waals surface area contributed by atoms with Crippen molar-refractivity contribution >= 4 is 33.5 Å². The monoisotopic (exact) mass is 397 g/mol. The third-order valence-corrected chi connectivity index (χ3v) is 5.01. The van der Waals surface area contributed by atoms with Crippen LogP contribution >= 0.6 is 11.6 Å². The molecule has 0 unspecified atom stereocenters. The molecule has 29 heavy (non-hydrogen) atoms. The highest BCUT2D eigenvalue weighted by Crippen LogP contribution is 2.33. The number of aromatic nitrogens is 3. The molecule has 2 aromatic carbocycles. The van der Waals surface area contributed by atoms with Crippen molar-refractivity contribution < 1.29 is 4.74 Å². The van der Waals surface area contributed by atoms with Crippen LogP contribution in [0.5, 0.6) is 5.75 Å². The molecule has 0 saturated heterocycles. The zero-order valence-electron chi connectivity index (χ0n) is 15.4. The van der Waals surface area contributed by atoms with E-state index in [9.17, 15) is 0 Å². The maximum absolute atomic E-state index is 6.51. The summed E-state index contributed by atoms with van der Waals surface area (Å²) >= 11 is 6.51. The van der Waals surface area contributed by atoms with Gasteiger partial charge in [-0.1, -0.05) is 60.1 Å². The van der Waals surface area contributed by atoms with E-state index in [0.29, 0.717) is 23.2 Å². The van der Waals surface area contributed by atoms with Crippen molar-refractivity contribution in [3.05, 3.63) is 95.8 Å². The van der Waals surface area contributed by atoms with Gasteiger partial charge in [0.25, 0.3) is 0 Å². The minimum Gasteiger partial charge on any atom is -0.486 e. The number of benzene rings is 2. The lowest BCUT2D eigenvalue weighted by Crippen LogP contribution is -1.99. The molecular formula is C24H16ClN3O. The SMILES string of the molecule is Clc1nc2ccccc2cc1-c1cc(OCc2ccccc2)c2ncccc2n1. The van der Waals surface area contributed by atoms with E-state index in [0.717, 1.165) is 33.1 Å². The lowest BCUT2D eigenvalue weighted by Gasteiger charge is -2.12. The van der Waals surface area contributed by atoms with E-state index >= 15 is 0 Å². The fourth-order valence-corrected chi connectivity index (χ4v) is 3.53. The van der Waals surface area contributed by atoms with Gasteiger partial charge in [-0.3, -0.25) is 4.98 Å². The highest BCUT2D eigenvalue weighted by Gasteiger charge is 2.14. The van der Waals surface area contributed by atoms with E-state index in [4.69, 9.17) is 21.3 Å². The van der Waals surface area contributed by atoms with Crippen LogP contribution in [-0.2, 0) is 6.61 Å². The Balaban J connectivity index is 1.62. The summed E-state index contributed by atoms with van der Waals surface area (Å²) in [5.41, 5.74) is 4.87. The van der Waals surface area contributed by atoms with Crippen LogP contribution in [0.4, 0.5) is 0 Å².